The standard InChI is InChI=1S/C14H24N4O3.ClH/c1-10(11-3-2-4-15-8-11)7-12(19)16-5-6-18-13(20)9-17-14(18)21;/h10-11,15H,2-9H2,1H3,(H,16,19)(H,17,21);1H. The molecule has 4 amide bonds. The minimum Gasteiger partial charge on any atom is -0.354 e. The molecule has 2 saturated heterocycles. The average Bonchev–Trinajstić information content (AvgIpc) is 2.80. The first-order chi connectivity index (χ1) is 10.1. The molecule has 0 aromatic rings. The van der Waals surface area contributed by atoms with Crippen molar-refractivity contribution in [3.63, 3.8) is 0 Å². The fourth-order valence-corrected chi connectivity index (χ4v) is 2.88. The number of piperidine rings is 1. The molecule has 2 aliphatic rings. The van der Waals surface area contributed by atoms with Gasteiger partial charge < -0.3 is 16.0 Å². The van der Waals surface area contributed by atoms with Gasteiger partial charge in [-0.15, -0.1) is 12.4 Å². The zero-order valence-corrected chi connectivity index (χ0v) is 13.7. The van der Waals surface area contributed by atoms with Gasteiger partial charge in [-0.3, -0.25) is 14.5 Å². The number of hydrogen-bond acceptors (Lipinski definition) is 4. The first-order valence-electron chi connectivity index (χ1n) is 7.63. The Hall–Kier alpha value is -1.34. The van der Waals surface area contributed by atoms with Gasteiger partial charge in [0.25, 0.3) is 0 Å². The number of amides is 4. The van der Waals surface area contributed by atoms with E-state index in [4.69, 9.17) is 0 Å². The molecule has 0 radical (unpaired) electrons. The molecule has 0 bridgehead atoms. The summed E-state index contributed by atoms with van der Waals surface area (Å²) in [5, 5.41) is 8.60. The highest BCUT2D eigenvalue weighted by atomic mass is 35.5. The maximum absolute atomic E-state index is 11.9. The highest BCUT2D eigenvalue weighted by Gasteiger charge is 2.28. The van der Waals surface area contributed by atoms with Crippen LogP contribution in [0.25, 0.3) is 0 Å². The van der Waals surface area contributed by atoms with E-state index in [1.54, 1.807) is 0 Å². The number of carbonyl (C=O) groups is 3. The van der Waals surface area contributed by atoms with Crippen LogP contribution in [0.2, 0.25) is 0 Å². The van der Waals surface area contributed by atoms with Crippen LogP contribution in [-0.2, 0) is 9.59 Å². The van der Waals surface area contributed by atoms with E-state index in [1.807, 2.05) is 0 Å². The van der Waals surface area contributed by atoms with Crippen LogP contribution in [0.4, 0.5) is 4.79 Å². The summed E-state index contributed by atoms with van der Waals surface area (Å²) in [4.78, 5) is 35.7. The number of hydrogen-bond donors (Lipinski definition) is 3. The Morgan fingerprint density at radius 2 is 2.23 bits per heavy atom. The van der Waals surface area contributed by atoms with E-state index in [0.717, 1.165) is 18.0 Å². The molecule has 0 saturated carbocycles. The fourth-order valence-electron chi connectivity index (χ4n) is 2.88. The van der Waals surface area contributed by atoms with Crippen LogP contribution < -0.4 is 16.0 Å². The predicted molar refractivity (Wildman–Crippen MR) is 84.7 cm³/mol. The van der Waals surface area contributed by atoms with Crippen LogP contribution >= 0.6 is 12.4 Å². The maximum atomic E-state index is 11.9. The van der Waals surface area contributed by atoms with Crippen molar-refractivity contribution in [2.75, 3.05) is 32.7 Å². The highest BCUT2D eigenvalue weighted by Crippen LogP contribution is 2.22. The monoisotopic (exact) mass is 332 g/mol. The molecule has 2 unspecified atom stereocenters. The normalized spacial score (nSPS) is 22.8. The summed E-state index contributed by atoms with van der Waals surface area (Å²) < 4.78 is 0. The number of carbonyl (C=O) groups excluding carboxylic acids is 3. The lowest BCUT2D eigenvalue weighted by Gasteiger charge is -2.28. The molecule has 2 atom stereocenters. The second-order valence-electron chi connectivity index (χ2n) is 5.84. The molecular weight excluding hydrogens is 308 g/mol. The Kier molecular flexibility index (Phi) is 7.61. The second-order valence-corrected chi connectivity index (χ2v) is 5.84. The lowest BCUT2D eigenvalue weighted by molar-refractivity contribution is -0.126. The summed E-state index contributed by atoms with van der Waals surface area (Å²) >= 11 is 0. The van der Waals surface area contributed by atoms with Crippen molar-refractivity contribution < 1.29 is 14.4 Å². The number of nitrogens with one attached hydrogen (secondary N) is 3. The topological polar surface area (TPSA) is 90.5 Å². The molecule has 2 heterocycles. The van der Waals surface area contributed by atoms with Gasteiger partial charge in [-0.25, -0.2) is 4.79 Å². The van der Waals surface area contributed by atoms with Gasteiger partial charge in [-0.2, -0.15) is 0 Å². The van der Waals surface area contributed by atoms with Crippen LogP contribution in [0, 0.1) is 11.8 Å². The third kappa shape index (κ3) is 5.14. The zero-order valence-electron chi connectivity index (χ0n) is 12.9. The summed E-state index contributed by atoms with van der Waals surface area (Å²) in [6.45, 7) is 4.76. The molecule has 8 heteroatoms. The summed E-state index contributed by atoms with van der Waals surface area (Å²) in [5.74, 6) is 0.640. The van der Waals surface area contributed by atoms with Crippen LogP contribution in [0.5, 0.6) is 0 Å². The fraction of sp³-hybridized carbons (Fsp3) is 0.786. The molecule has 0 spiro atoms. The Labute approximate surface area is 137 Å². The van der Waals surface area contributed by atoms with Crippen molar-refractivity contribution >= 4 is 30.3 Å². The first kappa shape index (κ1) is 18.7. The maximum Gasteiger partial charge on any atom is 0.324 e. The lowest BCUT2D eigenvalue weighted by atomic mass is 9.85. The minimum atomic E-state index is -0.379. The van der Waals surface area contributed by atoms with E-state index in [1.165, 1.54) is 12.8 Å². The smallest absolute Gasteiger partial charge is 0.324 e. The Morgan fingerprint density at radius 1 is 1.45 bits per heavy atom. The van der Waals surface area contributed by atoms with Gasteiger partial charge in [0, 0.05) is 19.5 Å². The summed E-state index contributed by atoms with van der Waals surface area (Å²) in [6, 6.07) is -0.379. The molecule has 126 valence electrons. The molecule has 3 N–H and O–H groups in total. The highest BCUT2D eigenvalue weighted by molar-refractivity contribution is 6.01. The molecule has 0 aromatic carbocycles. The van der Waals surface area contributed by atoms with Gasteiger partial charge in [0.1, 0.15) is 0 Å². The van der Waals surface area contributed by atoms with Crippen molar-refractivity contribution in [2.45, 2.75) is 26.2 Å². The largest absolute Gasteiger partial charge is 0.354 e. The van der Waals surface area contributed by atoms with Crippen LogP contribution in [-0.4, -0.2) is 55.5 Å². The van der Waals surface area contributed by atoms with Crippen LogP contribution in [0.15, 0.2) is 0 Å². The third-order valence-corrected chi connectivity index (χ3v) is 4.24. The van der Waals surface area contributed by atoms with E-state index in [0.29, 0.717) is 24.8 Å². The molecule has 2 aliphatic heterocycles. The molecule has 2 fully saturated rings. The number of halogens is 1. The molecule has 0 aromatic heterocycles. The minimum absolute atomic E-state index is 0. The second kappa shape index (κ2) is 8.95. The van der Waals surface area contributed by atoms with Gasteiger partial charge in [0.05, 0.1) is 6.54 Å². The summed E-state index contributed by atoms with van der Waals surface area (Å²) in [7, 11) is 0. The Balaban J connectivity index is 0.00000242. The summed E-state index contributed by atoms with van der Waals surface area (Å²) in [6.07, 6.45) is 2.83. The zero-order chi connectivity index (χ0) is 15.2. The van der Waals surface area contributed by atoms with E-state index in [9.17, 15) is 14.4 Å². The number of imide groups is 1. The number of rotatable bonds is 6. The van der Waals surface area contributed by atoms with Gasteiger partial charge in [0.15, 0.2) is 0 Å². The van der Waals surface area contributed by atoms with Crippen molar-refractivity contribution in [3.05, 3.63) is 0 Å². The molecule has 7 nitrogen and oxygen atoms in total. The lowest BCUT2D eigenvalue weighted by Crippen LogP contribution is -2.40. The predicted octanol–water partition coefficient (Wildman–Crippen LogP) is 0.102. The van der Waals surface area contributed by atoms with Crippen LogP contribution in [0.3, 0.4) is 0 Å². The Bertz CT molecular complexity index is 397. The quantitative estimate of drug-likeness (QED) is 0.602. The molecular formula is C14H25ClN4O3. The number of urea groups is 1. The molecule has 0 aliphatic carbocycles. The van der Waals surface area contributed by atoms with Gasteiger partial charge >= 0.3 is 6.03 Å². The average molecular weight is 333 g/mol. The van der Waals surface area contributed by atoms with Gasteiger partial charge in [-0.05, 0) is 37.8 Å². The van der Waals surface area contributed by atoms with E-state index in [-0.39, 0.29) is 43.3 Å². The van der Waals surface area contributed by atoms with E-state index >= 15 is 0 Å². The van der Waals surface area contributed by atoms with Crippen molar-refractivity contribution in [3.8, 4) is 0 Å². The third-order valence-electron chi connectivity index (χ3n) is 4.24. The van der Waals surface area contributed by atoms with Crippen LogP contribution in [0.1, 0.15) is 26.2 Å². The molecule has 22 heavy (non-hydrogen) atoms. The van der Waals surface area contributed by atoms with Gasteiger partial charge in [-0.1, -0.05) is 6.92 Å². The van der Waals surface area contributed by atoms with E-state index < -0.39 is 0 Å². The Morgan fingerprint density at radius 3 is 2.82 bits per heavy atom. The van der Waals surface area contributed by atoms with Crippen molar-refractivity contribution in [1.29, 1.82) is 0 Å². The SMILES string of the molecule is CC(CC(=O)NCCN1C(=O)CNC1=O)C1CCCNC1.Cl. The number of nitrogens with zero attached hydrogens (tertiary/aromatic N) is 1. The van der Waals surface area contributed by atoms with Crippen molar-refractivity contribution in [2.24, 2.45) is 11.8 Å². The first-order valence-corrected chi connectivity index (χ1v) is 7.63. The summed E-state index contributed by atoms with van der Waals surface area (Å²) in [5.41, 5.74) is 0. The van der Waals surface area contributed by atoms with E-state index in [2.05, 4.69) is 22.9 Å². The van der Waals surface area contributed by atoms with Gasteiger partial charge in [0.2, 0.25) is 11.8 Å². The molecule has 2 rings (SSSR count). The van der Waals surface area contributed by atoms with Crippen molar-refractivity contribution in [1.82, 2.24) is 20.9 Å².